The van der Waals surface area contributed by atoms with Crippen LogP contribution in [-0.4, -0.2) is 42.6 Å². The van der Waals surface area contributed by atoms with Gasteiger partial charge in [-0.15, -0.1) is 0 Å². The predicted molar refractivity (Wildman–Crippen MR) is 89.1 cm³/mol. The Hall–Kier alpha value is -2.34. The number of nitrogens with zero attached hydrogens (tertiary/aromatic N) is 1. The summed E-state index contributed by atoms with van der Waals surface area (Å²) in [5.74, 6) is 0.527. The number of rotatable bonds is 3. The van der Waals surface area contributed by atoms with Gasteiger partial charge in [0.15, 0.2) is 6.61 Å². The van der Waals surface area contributed by atoms with Crippen LogP contribution in [0.5, 0.6) is 5.75 Å². The van der Waals surface area contributed by atoms with Crippen molar-refractivity contribution >= 4 is 16.9 Å². The lowest BCUT2D eigenvalue weighted by molar-refractivity contribution is -0.133. The molecule has 1 amide bonds. The van der Waals surface area contributed by atoms with E-state index in [1.54, 1.807) is 18.2 Å². The third-order valence-electron chi connectivity index (χ3n) is 4.83. The molecule has 6 nitrogen and oxygen atoms in total. The average Bonchev–Trinajstić information content (AvgIpc) is 2.91. The topological polar surface area (TPSA) is 71.8 Å². The van der Waals surface area contributed by atoms with Crippen LogP contribution in [0, 0.1) is 0 Å². The van der Waals surface area contributed by atoms with Crippen LogP contribution in [0.15, 0.2) is 39.5 Å². The average molecular weight is 328 g/mol. The molecule has 0 saturated carbocycles. The van der Waals surface area contributed by atoms with Crippen LogP contribution in [0.3, 0.4) is 0 Å². The second-order valence-corrected chi connectivity index (χ2v) is 6.51. The van der Waals surface area contributed by atoms with Gasteiger partial charge in [-0.3, -0.25) is 4.79 Å². The van der Waals surface area contributed by atoms with Crippen LogP contribution in [0.2, 0.25) is 0 Å². The molecule has 2 atom stereocenters. The number of hydrogen-bond donors (Lipinski definition) is 1. The lowest BCUT2D eigenvalue weighted by Gasteiger charge is -2.24. The number of nitrogens with one attached hydrogen (secondary N) is 1. The summed E-state index contributed by atoms with van der Waals surface area (Å²) in [4.78, 5) is 25.6. The second-order valence-electron chi connectivity index (χ2n) is 6.51. The predicted octanol–water partition coefficient (Wildman–Crippen LogP) is 1.52. The normalized spacial score (nSPS) is 23.2. The highest BCUT2D eigenvalue weighted by Crippen LogP contribution is 2.22. The molecular weight excluding hydrogens is 308 g/mol. The Balaban J connectivity index is 1.40. The fraction of sp³-hybridized carbons (Fsp3) is 0.444. The molecule has 1 N–H and O–H groups in total. The van der Waals surface area contributed by atoms with Crippen LogP contribution >= 0.6 is 0 Å². The number of likely N-dealkylation sites (tertiary alicyclic amines) is 1. The molecular formula is C18H20N2O4. The fourth-order valence-corrected chi connectivity index (χ4v) is 3.54. The van der Waals surface area contributed by atoms with Crippen molar-refractivity contribution in [1.29, 1.82) is 0 Å². The van der Waals surface area contributed by atoms with Gasteiger partial charge in [0, 0.05) is 42.7 Å². The molecule has 2 aromatic rings. The van der Waals surface area contributed by atoms with E-state index in [1.807, 2.05) is 11.0 Å². The largest absolute Gasteiger partial charge is 0.484 e. The third kappa shape index (κ3) is 3.14. The van der Waals surface area contributed by atoms with Gasteiger partial charge in [0.05, 0.1) is 0 Å². The number of ether oxygens (including phenoxy) is 1. The molecule has 2 unspecified atom stereocenters. The number of carbonyl (C=O) groups is 1. The molecule has 126 valence electrons. The molecule has 24 heavy (non-hydrogen) atoms. The zero-order valence-electron chi connectivity index (χ0n) is 13.4. The first-order valence-electron chi connectivity index (χ1n) is 8.38. The SMILES string of the molecule is O=C(COc1ccc2ccc(=O)oc2c1)N1CCC2CCC(C1)N2. The number of carbonyl (C=O) groups excluding carboxylic acids is 1. The van der Waals surface area contributed by atoms with Gasteiger partial charge in [0.2, 0.25) is 0 Å². The molecule has 3 heterocycles. The maximum Gasteiger partial charge on any atom is 0.336 e. The Labute approximate surface area is 139 Å². The summed E-state index contributed by atoms with van der Waals surface area (Å²) in [5, 5.41) is 4.38. The summed E-state index contributed by atoms with van der Waals surface area (Å²) in [5.41, 5.74) is 0.0616. The van der Waals surface area contributed by atoms with Crippen LogP contribution in [0.1, 0.15) is 19.3 Å². The van der Waals surface area contributed by atoms with Gasteiger partial charge in [0.1, 0.15) is 11.3 Å². The second kappa shape index (κ2) is 6.28. The minimum absolute atomic E-state index is 0.0000406. The van der Waals surface area contributed by atoms with Crippen molar-refractivity contribution in [1.82, 2.24) is 10.2 Å². The fourth-order valence-electron chi connectivity index (χ4n) is 3.54. The van der Waals surface area contributed by atoms with Gasteiger partial charge in [0.25, 0.3) is 5.91 Å². The molecule has 2 aliphatic rings. The molecule has 2 aliphatic heterocycles. The van der Waals surface area contributed by atoms with E-state index in [0.717, 1.165) is 31.3 Å². The lowest BCUT2D eigenvalue weighted by atomic mass is 10.1. The van der Waals surface area contributed by atoms with Gasteiger partial charge < -0.3 is 19.4 Å². The van der Waals surface area contributed by atoms with Crippen LogP contribution in [-0.2, 0) is 4.79 Å². The van der Waals surface area contributed by atoms with E-state index in [9.17, 15) is 9.59 Å². The molecule has 0 aliphatic carbocycles. The van der Waals surface area contributed by atoms with Crippen molar-refractivity contribution in [2.75, 3.05) is 19.7 Å². The Morgan fingerprint density at radius 3 is 2.96 bits per heavy atom. The highest BCUT2D eigenvalue weighted by atomic mass is 16.5. The highest BCUT2D eigenvalue weighted by molar-refractivity contribution is 5.79. The van der Waals surface area contributed by atoms with Gasteiger partial charge in [-0.05, 0) is 37.5 Å². The molecule has 0 spiro atoms. The Kier molecular flexibility index (Phi) is 3.98. The molecule has 1 aromatic carbocycles. The quantitative estimate of drug-likeness (QED) is 0.865. The van der Waals surface area contributed by atoms with Crippen LogP contribution in [0.25, 0.3) is 11.0 Å². The van der Waals surface area contributed by atoms with E-state index in [2.05, 4.69) is 5.32 Å². The molecule has 1 aromatic heterocycles. The van der Waals surface area contributed by atoms with Crippen LogP contribution < -0.4 is 15.7 Å². The number of hydrogen-bond acceptors (Lipinski definition) is 5. The summed E-state index contributed by atoms with van der Waals surface area (Å²) in [6.45, 7) is 1.54. The molecule has 6 heteroatoms. The first-order chi connectivity index (χ1) is 11.7. The number of fused-ring (bicyclic) bond motifs is 3. The van der Waals surface area contributed by atoms with Crippen molar-refractivity contribution in [3.8, 4) is 5.75 Å². The van der Waals surface area contributed by atoms with Gasteiger partial charge in [-0.25, -0.2) is 4.79 Å². The van der Waals surface area contributed by atoms with E-state index in [4.69, 9.17) is 9.15 Å². The van der Waals surface area contributed by atoms with Crippen molar-refractivity contribution < 1.29 is 13.9 Å². The first kappa shape index (κ1) is 15.2. The van der Waals surface area contributed by atoms with Crippen molar-refractivity contribution in [3.05, 3.63) is 40.8 Å². The zero-order chi connectivity index (χ0) is 16.5. The molecule has 0 radical (unpaired) electrons. The maximum absolute atomic E-state index is 12.4. The van der Waals surface area contributed by atoms with Gasteiger partial charge in [-0.1, -0.05) is 0 Å². The monoisotopic (exact) mass is 328 g/mol. The molecule has 4 rings (SSSR count). The Morgan fingerprint density at radius 2 is 2.04 bits per heavy atom. The summed E-state index contributed by atoms with van der Waals surface area (Å²) >= 11 is 0. The van der Waals surface area contributed by atoms with Crippen LogP contribution in [0.4, 0.5) is 0 Å². The van der Waals surface area contributed by atoms with E-state index in [0.29, 0.717) is 23.4 Å². The van der Waals surface area contributed by atoms with Crippen molar-refractivity contribution in [2.24, 2.45) is 0 Å². The smallest absolute Gasteiger partial charge is 0.336 e. The standard InChI is InChI=1S/C18H20N2O4/c21-17(20-8-7-13-3-4-14(10-20)19-13)11-23-15-5-1-12-2-6-18(22)24-16(12)9-15/h1-2,5-6,9,13-14,19H,3-4,7-8,10-11H2. The van der Waals surface area contributed by atoms with E-state index >= 15 is 0 Å². The minimum Gasteiger partial charge on any atom is -0.484 e. The molecule has 2 fully saturated rings. The number of benzene rings is 1. The number of amides is 1. The van der Waals surface area contributed by atoms with E-state index in [1.165, 1.54) is 12.5 Å². The van der Waals surface area contributed by atoms with Crippen molar-refractivity contribution in [2.45, 2.75) is 31.3 Å². The summed E-state index contributed by atoms with van der Waals surface area (Å²) in [6, 6.07) is 9.29. The van der Waals surface area contributed by atoms with E-state index in [-0.39, 0.29) is 12.5 Å². The first-order valence-corrected chi connectivity index (χ1v) is 8.38. The molecule has 2 saturated heterocycles. The third-order valence-corrected chi connectivity index (χ3v) is 4.83. The minimum atomic E-state index is -0.400. The summed E-state index contributed by atoms with van der Waals surface area (Å²) in [7, 11) is 0. The van der Waals surface area contributed by atoms with E-state index < -0.39 is 5.63 Å². The highest BCUT2D eigenvalue weighted by Gasteiger charge is 2.31. The van der Waals surface area contributed by atoms with Gasteiger partial charge >= 0.3 is 5.63 Å². The zero-order valence-corrected chi connectivity index (χ0v) is 13.4. The van der Waals surface area contributed by atoms with Crippen molar-refractivity contribution in [3.63, 3.8) is 0 Å². The maximum atomic E-state index is 12.4. The molecule has 2 bridgehead atoms. The summed E-state index contributed by atoms with van der Waals surface area (Å²) < 4.78 is 10.8. The lowest BCUT2D eigenvalue weighted by Crippen LogP contribution is -2.41. The van der Waals surface area contributed by atoms with Gasteiger partial charge in [-0.2, -0.15) is 0 Å². The Morgan fingerprint density at radius 1 is 1.21 bits per heavy atom. The summed E-state index contributed by atoms with van der Waals surface area (Å²) in [6.07, 6.45) is 3.36. The Bertz CT molecular complexity index is 816.